The maximum absolute atomic E-state index is 2.57. The van der Waals surface area contributed by atoms with Gasteiger partial charge < -0.3 is 0 Å². The molecule has 1 atom stereocenters. The summed E-state index contributed by atoms with van der Waals surface area (Å²) < 4.78 is 0. The Labute approximate surface area is 221 Å². The monoisotopic (exact) mass is 480 g/mol. The summed E-state index contributed by atoms with van der Waals surface area (Å²) in [6, 6.07) is 25.8. The zero-order valence-corrected chi connectivity index (χ0v) is 24.0. The van der Waals surface area contributed by atoms with Gasteiger partial charge in [-0.05, 0) is 83.7 Å². The van der Waals surface area contributed by atoms with Crippen LogP contribution in [0.15, 0.2) is 66.7 Å². The molecular formula is C36H48. The lowest BCUT2D eigenvalue weighted by molar-refractivity contribution is 0.248. The van der Waals surface area contributed by atoms with Gasteiger partial charge in [0.2, 0.25) is 0 Å². The molecular weight excluding hydrogens is 432 g/mol. The van der Waals surface area contributed by atoms with E-state index in [0.717, 1.165) is 18.8 Å². The van der Waals surface area contributed by atoms with Crippen molar-refractivity contribution in [2.45, 2.75) is 98.8 Å². The van der Waals surface area contributed by atoms with E-state index in [0.29, 0.717) is 5.92 Å². The van der Waals surface area contributed by atoms with Crippen molar-refractivity contribution in [3.8, 4) is 0 Å². The lowest BCUT2D eigenvalue weighted by Crippen LogP contribution is -2.28. The first kappa shape index (κ1) is 26.7. The number of hydrogen-bond donors (Lipinski definition) is 0. The molecule has 0 spiro atoms. The van der Waals surface area contributed by atoms with Gasteiger partial charge in [-0.1, -0.05) is 133 Å². The second-order valence-electron chi connectivity index (χ2n) is 13.0. The van der Waals surface area contributed by atoms with E-state index in [1.807, 2.05) is 0 Å². The van der Waals surface area contributed by atoms with Gasteiger partial charge in [0, 0.05) is 5.41 Å². The van der Waals surface area contributed by atoms with E-state index >= 15 is 0 Å². The molecule has 0 radical (unpaired) electrons. The van der Waals surface area contributed by atoms with Crippen LogP contribution in [0.2, 0.25) is 0 Å². The second-order valence-corrected chi connectivity index (χ2v) is 13.0. The Bertz CT molecular complexity index is 1140. The van der Waals surface area contributed by atoms with Crippen LogP contribution in [0.3, 0.4) is 0 Å². The first-order chi connectivity index (χ1) is 17.1. The molecule has 0 bridgehead atoms. The van der Waals surface area contributed by atoms with E-state index in [4.69, 9.17) is 0 Å². The predicted molar refractivity (Wildman–Crippen MR) is 157 cm³/mol. The van der Waals surface area contributed by atoms with Crippen LogP contribution in [-0.2, 0) is 24.7 Å². The summed E-state index contributed by atoms with van der Waals surface area (Å²) in [7, 11) is 0. The minimum atomic E-state index is -0.0811. The van der Waals surface area contributed by atoms with Crippen LogP contribution < -0.4 is 0 Å². The van der Waals surface area contributed by atoms with Gasteiger partial charge in [0.05, 0.1) is 0 Å². The molecule has 0 aliphatic heterocycles. The molecule has 3 aromatic carbocycles. The number of hydrogen-bond acceptors (Lipinski definition) is 0. The number of rotatable bonds is 9. The van der Waals surface area contributed by atoms with Gasteiger partial charge >= 0.3 is 0 Å². The summed E-state index contributed by atoms with van der Waals surface area (Å²) >= 11 is 0. The van der Waals surface area contributed by atoms with Gasteiger partial charge in [-0.25, -0.2) is 0 Å². The first-order valence-electron chi connectivity index (χ1n) is 14.3. The Morgan fingerprint density at radius 3 is 2.11 bits per heavy atom. The molecule has 0 amide bonds. The van der Waals surface area contributed by atoms with Crippen molar-refractivity contribution in [2.75, 3.05) is 0 Å². The molecule has 3 aromatic rings. The largest absolute Gasteiger partial charge is 0.0623 e. The summed E-state index contributed by atoms with van der Waals surface area (Å²) in [5.41, 5.74) is 10.4. The Morgan fingerprint density at radius 1 is 0.750 bits per heavy atom. The minimum absolute atomic E-state index is 0.0811. The van der Waals surface area contributed by atoms with E-state index in [1.165, 1.54) is 65.5 Å². The highest BCUT2D eigenvalue weighted by atomic mass is 14.4. The fraction of sp³-hybridized carbons (Fsp3) is 0.500. The maximum Gasteiger partial charge on any atom is 0.0215 e. The Balaban J connectivity index is 1.79. The molecule has 0 aromatic heterocycles. The molecule has 1 saturated carbocycles. The first-order valence-corrected chi connectivity index (χ1v) is 14.3. The van der Waals surface area contributed by atoms with Crippen LogP contribution in [0.25, 0.3) is 0 Å². The van der Waals surface area contributed by atoms with Crippen molar-refractivity contribution in [3.05, 3.63) is 106 Å². The van der Waals surface area contributed by atoms with Gasteiger partial charge in [0.15, 0.2) is 0 Å². The van der Waals surface area contributed by atoms with E-state index in [-0.39, 0.29) is 10.8 Å². The Kier molecular flexibility index (Phi) is 8.13. The molecule has 0 saturated heterocycles. The zero-order chi connectivity index (χ0) is 25.9. The molecule has 4 rings (SSSR count). The molecule has 0 heterocycles. The van der Waals surface area contributed by atoms with Crippen molar-refractivity contribution >= 4 is 0 Å². The fourth-order valence-corrected chi connectivity index (χ4v) is 6.15. The average molecular weight is 481 g/mol. The Morgan fingerprint density at radius 2 is 1.44 bits per heavy atom. The van der Waals surface area contributed by atoms with Gasteiger partial charge in [-0.3, -0.25) is 0 Å². The predicted octanol–water partition coefficient (Wildman–Crippen LogP) is 9.81. The third kappa shape index (κ3) is 6.13. The van der Waals surface area contributed by atoms with Gasteiger partial charge in [0.1, 0.15) is 0 Å². The van der Waals surface area contributed by atoms with Crippen LogP contribution in [-0.4, -0.2) is 0 Å². The topological polar surface area (TPSA) is 0 Å². The highest BCUT2D eigenvalue weighted by molar-refractivity contribution is 5.47. The third-order valence-corrected chi connectivity index (χ3v) is 9.37. The molecule has 1 fully saturated rings. The fourth-order valence-electron chi connectivity index (χ4n) is 6.15. The quantitative estimate of drug-likeness (QED) is 0.286. The van der Waals surface area contributed by atoms with E-state index < -0.39 is 0 Å². The van der Waals surface area contributed by atoms with Gasteiger partial charge in [-0.2, -0.15) is 0 Å². The summed E-state index contributed by atoms with van der Waals surface area (Å²) in [6.45, 7) is 16.6. The zero-order valence-electron chi connectivity index (χ0n) is 24.0. The van der Waals surface area contributed by atoms with Crippen LogP contribution in [0.5, 0.6) is 0 Å². The highest BCUT2D eigenvalue weighted by Gasteiger charge is 2.32. The van der Waals surface area contributed by atoms with Crippen molar-refractivity contribution in [1.29, 1.82) is 0 Å². The molecule has 1 aliphatic rings. The molecule has 1 aliphatic carbocycles. The van der Waals surface area contributed by atoms with E-state index in [2.05, 4.69) is 115 Å². The highest BCUT2D eigenvalue weighted by Crippen LogP contribution is 2.40. The SMILES string of the molecule is Cc1cc(CC(C)(C)C(C)C)cc(C(C)(Cc2ccccc2)c2ccc(C)c(CC3CCCC3)c2)c1. The van der Waals surface area contributed by atoms with Gasteiger partial charge in [0.25, 0.3) is 0 Å². The van der Waals surface area contributed by atoms with Gasteiger partial charge in [-0.15, -0.1) is 0 Å². The van der Waals surface area contributed by atoms with Crippen LogP contribution in [0, 0.1) is 31.1 Å². The van der Waals surface area contributed by atoms with Crippen molar-refractivity contribution in [1.82, 2.24) is 0 Å². The molecule has 0 nitrogen and oxygen atoms in total. The van der Waals surface area contributed by atoms with E-state index in [1.54, 1.807) is 5.56 Å². The third-order valence-electron chi connectivity index (χ3n) is 9.37. The summed E-state index contributed by atoms with van der Waals surface area (Å²) in [5, 5.41) is 0. The van der Waals surface area contributed by atoms with Crippen LogP contribution in [0.4, 0.5) is 0 Å². The van der Waals surface area contributed by atoms with Crippen LogP contribution >= 0.6 is 0 Å². The smallest absolute Gasteiger partial charge is 0.0215 e. The van der Waals surface area contributed by atoms with Crippen molar-refractivity contribution < 1.29 is 0 Å². The van der Waals surface area contributed by atoms with Crippen molar-refractivity contribution in [2.24, 2.45) is 17.3 Å². The molecule has 1 unspecified atom stereocenters. The normalized spacial score (nSPS) is 16.4. The summed E-state index contributed by atoms with van der Waals surface area (Å²) in [5.74, 6) is 1.51. The molecule has 0 heteroatoms. The maximum atomic E-state index is 2.57. The lowest BCUT2D eigenvalue weighted by Gasteiger charge is -2.34. The number of benzene rings is 3. The molecule has 0 N–H and O–H groups in total. The second kappa shape index (κ2) is 11.0. The average Bonchev–Trinajstić information content (AvgIpc) is 3.33. The Hall–Kier alpha value is -2.34. The molecule has 192 valence electrons. The van der Waals surface area contributed by atoms with Crippen LogP contribution in [0.1, 0.15) is 99.2 Å². The summed E-state index contributed by atoms with van der Waals surface area (Å²) in [4.78, 5) is 0. The summed E-state index contributed by atoms with van der Waals surface area (Å²) in [6.07, 6.45) is 8.98. The van der Waals surface area contributed by atoms with E-state index in [9.17, 15) is 0 Å². The number of aryl methyl sites for hydroxylation is 2. The minimum Gasteiger partial charge on any atom is -0.0623 e. The lowest BCUT2D eigenvalue weighted by atomic mass is 9.69. The van der Waals surface area contributed by atoms with Crippen molar-refractivity contribution in [3.63, 3.8) is 0 Å². The standard InChI is InChI=1S/C36H48/c1-26(2)35(5,6)24-31-19-27(3)20-34(22-31)36(7,25-30-15-9-8-10-16-30)33-18-17-28(4)32(23-33)21-29-13-11-12-14-29/h8-10,15-20,22-23,26,29H,11-14,21,24-25H2,1-7H3. The molecule has 36 heavy (non-hydrogen) atoms.